The van der Waals surface area contributed by atoms with Crippen LogP contribution in [0.4, 0.5) is 0 Å². The van der Waals surface area contributed by atoms with Gasteiger partial charge in [0.15, 0.2) is 0 Å². The summed E-state index contributed by atoms with van der Waals surface area (Å²) < 4.78 is 0. The van der Waals surface area contributed by atoms with Crippen molar-refractivity contribution in [2.75, 3.05) is 20.1 Å². The molecule has 0 aliphatic rings. The van der Waals surface area contributed by atoms with Gasteiger partial charge >= 0.3 is 0 Å². The Labute approximate surface area is 97.1 Å². The van der Waals surface area contributed by atoms with E-state index in [2.05, 4.69) is 29.7 Å². The molecule has 1 heterocycles. The second-order valence-electron chi connectivity index (χ2n) is 3.71. The van der Waals surface area contributed by atoms with Crippen molar-refractivity contribution < 1.29 is 0 Å². The van der Waals surface area contributed by atoms with Crippen molar-refractivity contribution in [3.63, 3.8) is 0 Å². The van der Waals surface area contributed by atoms with E-state index in [4.69, 9.17) is 0 Å². The maximum atomic E-state index is 3.48. The second kappa shape index (κ2) is 7.85. The average molecular weight is 226 g/mol. The largest absolute Gasteiger partial charge is 0.320 e. The molecule has 2 N–H and O–H groups in total. The Morgan fingerprint density at radius 1 is 1.13 bits per heavy atom. The summed E-state index contributed by atoms with van der Waals surface area (Å²) in [6, 6.07) is 4.48. The first-order chi connectivity index (χ1) is 7.36. The molecule has 1 aromatic heterocycles. The third-order valence-corrected chi connectivity index (χ3v) is 3.62. The quantitative estimate of drug-likeness (QED) is 0.665. The van der Waals surface area contributed by atoms with Crippen LogP contribution in [0, 0.1) is 0 Å². The van der Waals surface area contributed by atoms with Crippen LogP contribution >= 0.6 is 11.3 Å². The molecule has 2 nitrogen and oxygen atoms in total. The zero-order valence-electron chi connectivity index (χ0n) is 9.81. The Balaban J connectivity index is 2.04. The monoisotopic (exact) mass is 226 g/mol. The predicted octanol–water partition coefficient (Wildman–Crippen LogP) is 2.40. The molecule has 0 aliphatic carbocycles. The van der Waals surface area contributed by atoms with Gasteiger partial charge in [-0.05, 0) is 51.5 Å². The van der Waals surface area contributed by atoms with Crippen LogP contribution in [-0.4, -0.2) is 20.1 Å². The van der Waals surface area contributed by atoms with Gasteiger partial charge in [0.1, 0.15) is 0 Å². The first kappa shape index (κ1) is 12.7. The lowest BCUT2D eigenvalue weighted by Gasteiger charge is -2.02. The van der Waals surface area contributed by atoms with Crippen LogP contribution in [0.1, 0.15) is 29.5 Å². The molecule has 0 radical (unpaired) electrons. The second-order valence-corrected chi connectivity index (χ2v) is 4.96. The standard InChI is InChI=1S/C12H22N2S/c1-3-11-6-7-12(15-11)10-14-9-5-4-8-13-2/h6-7,13-14H,3-5,8-10H2,1-2H3. The molecule has 0 saturated heterocycles. The summed E-state index contributed by atoms with van der Waals surface area (Å²) in [5.74, 6) is 0. The summed E-state index contributed by atoms with van der Waals surface area (Å²) in [6.07, 6.45) is 3.67. The third kappa shape index (κ3) is 5.30. The average Bonchev–Trinajstić information content (AvgIpc) is 2.71. The minimum Gasteiger partial charge on any atom is -0.320 e. The number of thiophene rings is 1. The highest BCUT2D eigenvalue weighted by atomic mass is 32.1. The predicted molar refractivity (Wildman–Crippen MR) is 68.6 cm³/mol. The maximum Gasteiger partial charge on any atom is 0.0299 e. The molecular weight excluding hydrogens is 204 g/mol. The van der Waals surface area contributed by atoms with Gasteiger partial charge in [-0.1, -0.05) is 6.92 Å². The van der Waals surface area contributed by atoms with Crippen LogP contribution in [0.2, 0.25) is 0 Å². The molecule has 1 aromatic rings. The summed E-state index contributed by atoms with van der Waals surface area (Å²) in [5.41, 5.74) is 0. The van der Waals surface area contributed by atoms with Crippen LogP contribution in [0.25, 0.3) is 0 Å². The van der Waals surface area contributed by atoms with Crippen LogP contribution in [-0.2, 0) is 13.0 Å². The zero-order valence-corrected chi connectivity index (χ0v) is 10.6. The van der Waals surface area contributed by atoms with E-state index in [9.17, 15) is 0 Å². The van der Waals surface area contributed by atoms with Gasteiger partial charge in [-0.25, -0.2) is 0 Å². The first-order valence-electron chi connectivity index (χ1n) is 5.79. The van der Waals surface area contributed by atoms with Crippen LogP contribution < -0.4 is 10.6 Å². The van der Waals surface area contributed by atoms with Crippen molar-refractivity contribution in [3.8, 4) is 0 Å². The lowest BCUT2D eigenvalue weighted by atomic mass is 10.3. The van der Waals surface area contributed by atoms with Crippen molar-refractivity contribution in [3.05, 3.63) is 21.9 Å². The lowest BCUT2D eigenvalue weighted by Crippen LogP contribution is -2.16. The Hall–Kier alpha value is -0.380. The smallest absolute Gasteiger partial charge is 0.0299 e. The van der Waals surface area contributed by atoms with E-state index in [-0.39, 0.29) is 0 Å². The van der Waals surface area contributed by atoms with Gasteiger partial charge in [0.25, 0.3) is 0 Å². The fourth-order valence-electron chi connectivity index (χ4n) is 1.47. The molecule has 0 saturated carbocycles. The van der Waals surface area contributed by atoms with Crippen molar-refractivity contribution in [1.29, 1.82) is 0 Å². The molecule has 0 aliphatic heterocycles. The topological polar surface area (TPSA) is 24.1 Å². The summed E-state index contributed by atoms with van der Waals surface area (Å²) in [7, 11) is 2.01. The fourth-order valence-corrected chi connectivity index (χ4v) is 2.40. The van der Waals surface area contributed by atoms with E-state index in [0.717, 1.165) is 26.1 Å². The summed E-state index contributed by atoms with van der Waals surface area (Å²) in [5, 5.41) is 6.64. The summed E-state index contributed by atoms with van der Waals surface area (Å²) >= 11 is 1.93. The lowest BCUT2D eigenvalue weighted by molar-refractivity contribution is 0.608. The minimum absolute atomic E-state index is 1.03. The molecule has 0 spiro atoms. The Bertz CT molecular complexity index is 258. The van der Waals surface area contributed by atoms with Gasteiger partial charge in [-0.3, -0.25) is 0 Å². The van der Waals surface area contributed by atoms with Gasteiger partial charge in [0.05, 0.1) is 0 Å². The van der Waals surface area contributed by atoms with Gasteiger partial charge < -0.3 is 10.6 Å². The van der Waals surface area contributed by atoms with E-state index < -0.39 is 0 Å². The minimum atomic E-state index is 1.03. The highest BCUT2D eigenvalue weighted by Gasteiger charge is 1.97. The number of aryl methyl sites for hydroxylation is 1. The van der Waals surface area contributed by atoms with Gasteiger partial charge in [0, 0.05) is 16.3 Å². The SMILES string of the molecule is CCc1ccc(CNCCCCNC)s1. The van der Waals surface area contributed by atoms with Crippen molar-refractivity contribution in [1.82, 2.24) is 10.6 Å². The highest BCUT2D eigenvalue weighted by molar-refractivity contribution is 7.11. The van der Waals surface area contributed by atoms with E-state index in [1.807, 2.05) is 18.4 Å². The van der Waals surface area contributed by atoms with Crippen LogP contribution in [0.5, 0.6) is 0 Å². The van der Waals surface area contributed by atoms with Gasteiger partial charge in [-0.15, -0.1) is 11.3 Å². The van der Waals surface area contributed by atoms with Crippen molar-refractivity contribution >= 4 is 11.3 Å². The fraction of sp³-hybridized carbons (Fsp3) is 0.667. The number of unbranched alkanes of at least 4 members (excludes halogenated alkanes) is 1. The molecule has 0 amide bonds. The Kier molecular flexibility index (Phi) is 6.64. The molecule has 0 atom stereocenters. The van der Waals surface area contributed by atoms with Crippen LogP contribution in [0.15, 0.2) is 12.1 Å². The molecule has 3 heteroatoms. The van der Waals surface area contributed by atoms with E-state index >= 15 is 0 Å². The van der Waals surface area contributed by atoms with Gasteiger partial charge in [-0.2, -0.15) is 0 Å². The summed E-state index contributed by atoms with van der Waals surface area (Å²) in [6.45, 7) is 5.49. The zero-order chi connectivity index (χ0) is 10.9. The Morgan fingerprint density at radius 3 is 2.53 bits per heavy atom. The number of nitrogens with one attached hydrogen (secondary N) is 2. The van der Waals surface area contributed by atoms with Gasteiger partial charge in [0.2, 0.25) is 0 Å². The van der Waals surface area contributed by atoms with E-state index in [0.29, 0.717) is 0 Å². The molecule has 1 rings (SSSR count). The van der Waals surface area contributed by atoms with Crippen molar-refractivity contribution in [2.24, 2.45) is 0 Å². The molecular formula is C12H22N2S. The number of hydrogen-bond acceptors (Lipinski definition) is 3. The molecule has 86 valence electrons. The molecule has 0 fully saturated rings. The molecule has 15 heavy (non-hydrogen) atoms. The van der Waals surface area contributed by atoms with Crippen LogP contribution in [0.3, 0.4) is 0 Å². The van der Waals surface area contributed by atoms with E-state index in [1.54, 1.807) is 0 Å². The number of rotatable bonds is 8. The highest BCUT2D eigenvalue weighted by Crippen LogP contribution is 2.16. The molecule has 0 aromatic carbocycles. The number of hydrogen-bond donors (Lipinski definition) is 2. The summed E-state index contributed by atoms with van der Waals surface area (Å²) in [4.78, 5) is 2.95. The molecule has 0 bridgehead atoms. The maximum absolute atomic E-state index is 3.48. The first-order valence-corrected chi connectivity index (χ1v) is 6.61. The Morgan fingerprint density at radius 2 is 1.87 bits per heavy atom. The molecule has 0 unspecified atom stereocenters. The van der Waals surface area contributed by atoms with E-state index in [1.165, 1.54) is 22.6 Å². The van der Waals surface area contributed by atoms with Crippen molar-refractivity contribution in [2.45, 2.75) is 32.7 Å². The normalized spacial score (nSPS) is 10.8. The third-order valence-electron chi connectivity index (χ3n) is 2.40.